The summed E-state index contributed by atoms with van der Waals surface area (Å²) < 4.78 is 32.0. The van der Waals surface area contributed by atoms with Crippen LogP contribution >= 0.6 is 0 Å². The van der Waals surface area contributed by atoms with E-state index in [1.807, 2.05) is 0 Å². The first-order valence-corrected chi connectivity index (χ1v) is 11.4. The van der Waals surface area contributed by atoms with Crippen molar-refractivity contribution in [3.63, 3.8) is 0 Å². The Balaban J connectivity index is 1.48. The molecule has 0 aromatic heterocycles. The summed E-state index contributed by atoms with van der Waals surface area (Å²) in [6, 6.07) is 6.88. The average Bonchev–Trinajstić information content (AvgIpc) is 3.51. The van der Waals surface area contributed by atoms with Crippen LogP contribution in [0.3, 0.4) is 0 Å². The summed E-state index contributed by atoms with van der Waals surface area (Å²) >= 11 is 0. The molecule has 28 heavy (non-hydrogen) atoms. The summed E-state index contributed by atoms with van der Waals surface area (Å²) in [7, 11) is -3.44. The highest BCUT2D eigenvalue weighted by molar-refractivity contribution is 7.89. The van der Waals surface area contributed by atoms with Gasteiger partial charge in [-0.2, -0.15) is 4.31 Å². The maximum absolute atomic E-state index is 12.6. The first-order valence-electron chi connectivity index (χ1n) is 9.95. The minimum absolute atomic E-state index is 0.138. The van der Waals surface area contributed by atoms with E-state index in [4.69, 9.17) is 4.74 Å². The van der Waals surface area contributed by atoms with Crippen LogP contribution in [0.25, 0.3) is 0 Å². The van der Waals surface area contributed by atoms with Crippen molar-refractivity contribution in [2.24, 2.45) is 0 Å². The van der Waals surface area contributed by atoms with Gasteiger partial charge in [0.25, 0.3) is 5.91 Å². The number of rotatable bonds is 8. The van der Waals surface area contributed by atoms with Gasteiger partial charge < -0.3 is 10.1 Å². The molecule has 0 unspecified atom stereocenters. The van der Waals surface area contributed by atoms with Gasteiger partial charge >= 0.3 is 5.97 Å². The molecule has 1 heterocycles. The summed E-state index contributed by atoms with van der Waals surface area (Å²) in [5, 5.41) is 2.80. The van der Waals surface area contributed by atoms with Crippen LogP contribution in [-0.2, 0) is 30.8 Å². The van der Waals surface area contributed by atoms with Gasteiger partial charge in [-0.1, -0.05) is 18.6 Å². The number of esters is 1. The van der Waals surface area contributed by atoms with Gasteiger partial charge in [0.15, 0.2) is 6.10 Å². The van der Waals surface area contributed by atoms with Crippen molar-refractivity contribution in [1.29, 1.82) is 0 Å². The number of carbonyl (C=O) groups is 2. The van der Waals surface area contributed by atoms with E-state index in [1.54, 1.807) is 31.2 Å². The van der Waals surface area contributed by atoms with Gasteiger partial charge in [-0.05, 0) is 56.7 Å². The van der Waals surface area contributed by atoms with Crippen LogP contribution in [0.5, 0.6) is 0 Å². The zero-order valence-corrected chi connectivity index (χ0v) is 17.0. The fourth-order valence-corrected chi connectivity index (χ4v) is 4.70. The number of carbonyl (C=O) groups excluding carboxylic acids is 2. The van der Waals surface area contributed by atoms with Crippen molar-refractivity contribution >= 4 is 21.9 Å². The molecule has 2 aliphatic rings. The highest BCUT2D eigenvalue weighted by atomic mass is 32.2. The van der Waals surface area contributed by atoms with Crippen LogP contribution in [0, 0.1) is 0 Å². The maximum Gasteiger partial charge on any atom is 0.306 e. The topological polar surface area (TPSA) is 92.8 Å². The largest absolute Gasteiger partial charge is 0.453 e. The molecule has 7 nitrogen and oxygen atoms in total. The smallest absolute Gasteiger partial charge is 0.306 e. The van der Waals surface area contributed by atoms with E-state index < -0.39 is 22.1 Å². The van der Waals surface area contributed by atoms with Crippen molar-refractivity contribution in [2.45, 2.75) is 68.9 Å². The molecule has 154 valence electrons. The Hall–Kier alpha value is -1.93. The number of nitrogens with zero attached hydrogens (tertiary/aromatic N) is 1. The molecule has 1 N–H and O–H groups in total. The Morgan fingerprint density at radius 1 is 1.14 bits per heavy atom. The highest BCUT2D eigenvalue weighted by Crippen LogP contribution is 2.21. The van der Waals surface area contributed by atoms with Crippen molar-refractivity contribution in [3.8, 4) is 0 Å². The molecule has 0 radical (unpaired) electrons. The second-order valence-corrected chi connectivity index (χ2v) is 9.46. The summed E-state index contributed by atoms with van der Waals surface area (Å²) in [5.41, 5.74) is 0.852. The summed E-state index contributed by atoms with van der Waals surface area (Å²) in [5.74, 6) is -0.702. The van der Waals surface area contributed by atoms with E-state index in [0.717, 1.165) is 37.7 Å². The van der Waals surface area contributed by atoms with E-state index in [9.17, 15) is 18.0 Å². The molecule has 1 saturated heterocycles. The van der Waals surface area contributed by atoms with Crippen molar-refractivity contribution in [1.82, 2.24) is 9.62 Å². The van der Waals surface area contributed by atoms with Gasteiger partial charge in [-0.3, -0.25) is 9.59 Å². The third kappa shape index (κ3) is 5.54. The number of benzene rings is 1. The molecule has 1 amide bonds. The number of ether oxygens (including phenoxy) is 1. The number of nitrogens with one attached hydrogen (secondary N) is 1. The van der Waals surface area contributed by atoms with Crippen LogP contribution in [0.15, 0.2) is 29.2 Å². The molecule has 2 fully saturated rings. The van der Waals surface area contributed by atoms with Crippen LogP contribution < -0.4 is 5.32 Å². The fourth-order valence-electron chi connectivity index (χ4n) is 3.18. The molecular weight excluding hydrogens is 380 g/mol. The third-order valence-corrected chi connectivity index (χ3v) is 7.01. The number of aryl methyl sites for hydroxylation is 1. The van der Waals surface area contributed by atoms with Crippen LogP contribution in [0.2, 0.25) is 0 Å². The molecule has 0 bridgehead atoms. The highest BCUT2D eigenvalue weighted by Gasteiger charge is 2.27. The zero-order chi connectivity index (χ0) is 20.1. The minimum atomic E-state index is -3.44. The molecule has 1 saturated carbocycles. The predicted octanol–water partition coefficient (Wildman–Crippen LogP) is 2.00. The fraction of sp³-hybridized carbons (Fsp3) is 0.600. The number of piperidine rings is 1. The molecule has 3 rings (SSSR count). The molecule has 1 aliphatic carbocycles. The normalized spacial score (nSPS) is 19.0. The lowest BCUT2D eigenvalue weighted by Gasteiger charge is -2.25. The monoisotopic (exact) mass is 408 g/mol. The minimum Gasteiger partial charge on any atom is -0.453 e. The Morgan fingerprint density at radius 3 is 2.39 bits per heavy atom. The lowest BCUT2D eigenvalue weighted by molar-refractivity contribution is -0.154. The Morgan fingerprint density at radius 2 is 1.79 bits per heavy atom. The molecule has 1 aromatic carbocycles. The van der Waals surface area contributed by atoms with Crippen LogP contribution in [-0.4, -0.2) is 49.8 Å². The molecular formula is C20H28N2O5S. The molecule has 1 aromatic rings. The Labute approximate surface area is 166 Å². The molecule has 1 atom stereocenters. The van der Waals surface area contributed by atoms with E-state index in [-0.39, 0.29) is 23.3 Å². The van der Waals surface area contributed by atoms with E-state index in [2.05, 4.69) is 5.32 Å². The lowest BCUT2D eigenvalue weighted by Crippen LogP contribution is -2.37. The average molecular weight is 409 g/mol. The van der Waals surface area contributed by atoms with Crippen molar-refractivity contribution < 1.29 is 22.7 Å². The first-order chi connectivity index (χ1) is 13.4. The number of sulfonamides is 1. The summed E-state index contributed by atoms with van der Waals surface area (Å²) in [4.78, 5) is 24.1. The predicted molar refractivity (Wildman–Crippen MR) is 104 cm³/mol. The maximum atomic E-state index is 12.6. The Kier molecular flexibility index (Phi) is 6.72. The number of hydrogen-bond donors (Lipinski definition) is 1. The van der Waals surface area contributed by atoms with Gasteiger partial charge in [-0.15, -0.1) is 0 Å². The molecule has 0 spiro atoms. The van der Waals surface area contributed by atoms with E-state index in [1.165, 1.54) is 4.31 Å². The second kappa shape index (κ2) is 9.05. The van der Waals surface area contributed by atoms with Gasteiger partial charge in [-0.25, -0.2) is 8.42 Å². The Bertz CT molecular complexity index is 796. The standard InChI is InChI=1S/C20H28N2O5S/c1-15(20(24)21-17-8-9-17)27-19(23)12-7-16-5-10-18(11-6-16)28(25,26)22-13-3-2-4-14-22/h5-6,10-11,15,17H,2-4,7-9,12-14H2,1H3,(H,21,24)/t15-/m1/s1. The lowest BCUT2D eigenvalue weighted by atomic mass is 10.1. The number of hydrogen-bond acceptors (Lipinski definition) is 5. The number of amides is 1. The van der Waals surface area contributed by atoms with Crippen LogP contribution in [0.4, 0.5) is 0 Å². The van der Waals surface area contributed by atoms with Gasteiger partial charge in [0.2, 0.25) is 10.0 Å². The molecule has 8 heteroatoms. The van der Waals surface area contributed by atoms with Gasteiger partial charge in [0.05, 0.1) is 4.90 Å². The third-order valence-electron chi connectivity index (χ3n) is 5.10. The zero-order valence-electron chi connectivity index (χ0n) is 16.2. The van der Waals surface area contributed by atoms with E-state index in [0.29, 0.717) is 19.5 Å². The van der Waals surface area contributed by atoms with Gasteiger partial charge in [0.1, 0.15) is 0 Å². The molecule has 1 aliphatic heterocycles. The summed E-state index contributed by atoms with van der Waals surface area (Å²) in [6.07, 6.45) is 4.60. The van der Waals surface area contributed by atoms with Gasteiger partial charge in [0, 0.05) is 25.6 Å². The summed E-state index contributed by atoms with van der Waals surface area (Å²) in [6.45, 7) is 2.71. The first kappa shape index (κ1) is 20.8. The van der Waals surface area contributed by atoms with Crippen molar-refractivity contribution in [2.75, 3.05) is 13.1 Å². The van der Waals surface area contributed by atoms with Crippen LogP contribution in [0.1, 0.15) is 51.0 Å². The quantitative estimate of drug-likeness (QED) is 0.664. The SMILES string of the molecule is C[C@@H](OC(=O)CCc1ccc(S(=O)(=O)N2CCCCC2)cc1)C(=O)NC1CC1. The van der Waals surface area contributed by atoms with Crippen molar-refractivity contribution in [3.05, 3.63) is 29.8 Å². The second-order valence-electron chi connectivity index (χ2n) is 7.52. The van der Waals surface area contributed by atoms with E-state index >= 15 is 0 Å².